The van der Waals surface area contributed by atoms with E-state index in [0.717, 1.165) is 41.1 Å². The highest BCUT2D eigenvalue weighted by atomic mass is 79.9. The van der Waals surface area contributed by atoms with Crippen molar-refractivity contribution >= 4 is 38.9 Å². The predicted molar refractivity (Wildman–Crippen MR) is 92.2 cm³/mol. The quantitative estimate of drug-likeness (QED) is 0.862. The lowest BCUT2D eigenvalue weighted by molar-refractivity contribution is 0.526. The Kier molecular flexibility index (Phi) is 4.66. The number of hydrogen-bond acceptors (Lipinski definition) is 3. The molecule has 2 aromatic rings. The van der Waals surface area contributed by atoms with E-state index >= 15 is 0 Å². The van der Waals surface area contributed by atoms with Gasteiger partial charge in [-0.1, -0.05) is 27.5 Å². The standard InChI is InChI=1S/C16H17BrClN3/c17-12-1-2-15(18)16(11-12)20-13-5-9-21(10-6-13)14-3-7-19-8-4-14/h1-4,7-8,11,13,20H,5-6,9-10H2. The van der Waals surface area contributed by atoms with Gasteiger partial charge in [0.05, 0.1) is 10.7 Å². The van der Waals surface area contributed by atoms with E-state index in [1.165, 1.54) is 5.69 Å². The molecule has 1 saturated heterocycles. The van der Waals surface area contributed by atoms with Gasteiger partial charge in [0, 0.05) is 41.7 Å². The number of piperidine rings is 1. The molecule has 0 radical (unpaired) electrons. The minimum Gasteiger partial charge on any atom is -0.381 e. The van der Waals surface area contributed by atoms with Crippen LogP contribution < -0.4 is 10.2 Å². The van der Waals surface area contributed by atoms with Crippen LogP contribution in [0.15, 0.2) is 47.2 Å². The first-order chi connectivity index (χ1) is 10.2. The smallest absolute Gasteiger partial charge is 0.0638 e. The minimum atomic E-state index is 0.467. The maximum atomic E-state index is 6.24. The Morgan fingerprint density at radius 3 is 2.57 bits per heavy atom. The second-order valence-corrected chi connectivity index (χ2v) is 6.56. The molecular formula is C16H17BrClN3. The Bertz CT molecular complexity index is 598. The third-order valence-electron chi connectivity index (χ3n) is 3.81. The van der Waals surface area contributed by atoms with E-state index in [0.29, 0.717) is 6.04 Å². The average Bonchev–Trinajstić information content (AvgIpc) is 2.53. The molecule has 1 aliphatic rings. The van der Waals surface area contributed by atoms with Gasteiger partial charge in [0.25, 0.3) is 0 Å². The number of hydrogen-bond donors (Lipinski definition) is 1. The summed E-state index contributed by atoms with van der Waals surface area (Å²) in [6.45, 7) is 2.10. The normalized spacial score (nSPS) is 16.0. The van der Waals surface area contributed by atoms with Crippen LogP contribution >= 0.6 is 27.5 Å². The third-order valence-corrected chi connectivity index (χ3v) is 4.63. The molecule has 0 unspecified atom stereocenters. The molecule has 1 aliphatic heterocycles. The van der Waals surface area contributed by atoms with Crippen molar-refractivity contribution in [2.24, 2.45) is 0 Å². The molecule has 5 heteroatoms. The summed E-state index contributed by atoms with van der Waals surface area (Å²) in [5.74, 6) is 0. The van der Waals surface area contributed by atoms with Crippen molar-refractivity contribution in [3.05, 3.63) is 52.2 Å². The molecular weight excluding hydrogens is 350 g/mol. The fourth-order valence-electron chi connectivity index (χ4n) is 2.66. The summed E-state index contributed by atoms with van der Waals surface area (Å²) in [5.41, 5.74) is 2.26. The zero-order chi connectivity index (χ0) is 14.7. The van der Waals surface area contributed by atoms with Crippen molar-refractivity contribution in [1.82, 2.24) is 4.98 Å². The fourth-order valence-corrected chi connectivity index (χ4v) is 3.20. The number of pyridine rings is 1. The van der Waals surface area contributed by atoms with Crippen LogP contribution in [0, 0.1) is 0 Å². The summed E-state index contributed by atoms with van der Waals surface area (Å²) in [6.07, 6.45) is 5.90. The maximum absolute atomic E-state index is 6.24. The van der Waals surface area contributed by atoms with Gasteiger partial charge in [-0.25, -0.2) is 0 Å². The van der Waals surface area contributed by atoms with Crippen molar-refractivity contribution in [2.45, 2.75) is 18.9 Å². The van der Waals surface area contributed by atoms with Crippen LogP contribution in [0.2, 0.25) is 5.02 Å². The van der Waals surface area contributed by atoms with Gasteiger partial charge in [-0.3, -0.25) is 4.98 Å². The van der Waals surface area contributed by atoms with Gasteiger partial charge in [-0.05, 0) is 43.2 Å². The van der Waals surface area contributed by atoms with Gasteiger partial charge >= 0.3 is 0 Å². The van der Waals surface area contributed by atoms with Gasteiger partial charge in [-0.2, -0.15) is 0 Å². The zero-order valence-corrected chi connectivity index (χ0v) is 13.9. The summed E-state index contributed by atoms with van der Waals surface area (Å²) in [5, 5.41) is 4.33. The molecule has 0 bridgehead atoms. The lowest BCUT2D eigenvalue weighted by Gasteiger charge is -2.34. The Morgan fingerprint density at radius 2 is 1.86 bits per heavy atom. The van der Waals surface area contributed by atoms with Crippen molar-refractivity contribution in [2.75, 3.05) is 23.3 Å². The van der Waals surface area contributed by atoms with E-state index in [4.69, 9.17) is 11.6 Å². The second kappa shape index (κ2) is 6.67. The molecule has 1 aromatic carbocycles. The van der Waals surface area contributed by atoms with Crippen molar-refractivity contribution in [1.29, 1.82) is 0 Å². The first-order valence-corrected chi connectivity index (χ1v) is 8.26. The molecule has 110 valence electrons. The van der Waals surface area contributed by atoms with Gasteiger partial charge in [0.2, 0.25) is 0 Å². The number of nitrogens with zero attached hydrogens (tertiary/aromatic N) is 2. The van der Waals surface area contributed by atoms with Crippen LogP contribution in [0.1, 0.15) is 12.8 Å². The number of benzene rings is 1. The molecule has 3 rings (SSSR count). The highest BCUT2D eigenvalue weighted by Gasteiger charge is 2.19. The van der Waals surface area contributed by atoms with E-state index in [2.05, 4.69) is 43.3 Å². The molecule has 3 nitrogen and oxygen atoms in total. The molecule has 1 N–H and O–H groups in total. The molecule has 2 heterocycles. The summed E-state index contributed by atoms with van der Waals surface area (Å²) in [6, 6.07) is 10.5. The predicted octanol–water partition coefficient (Wildman–Crippen LogP) is 4.58. The Morgan fingerprint density at radius 1 is 1.14 bits per heavy atom. The molecule has 0 atom stereocenters. The van der Waals surface area contributed by atoms with Crippen LogP contribution in [-0.2, 0) is 0 Å². The van der Waals surface area contributed by atoms with Crippen LogP contribution in [0.25, 0.3) is 0 Å². The van der Waals surface area contributed by atoms with Crippen LogP contribution in [0.3, 0.4) is 0 Å². The van der Waals surface area contributed by atoms with Gasteiger partial charge in [-0.15, -0.1) is 0 Å². The van der Waals surface area contributed by atoms with Crippen LogP contribution in [0.5, 0.6) is 0 Å². The minimum absolute atomic E-state index is 0.467. The number of rotatable bonds is 3. The van der Waals surface area contributed by atoms with Crippen LogP contribution in [0.4, 0.5) is 11.4 Å². The maximum Gasteiger partial charge on any atom is 0.0638 e. The van der Waals surface area contributed by atoms with Crippen molar-refractivity contribution in [3.8, 4) is 0 Å². The lowest BCUT2D eigenvalue weighted by atomic mass is 10.0. The van der Waals surface area contributed by atoms with Crippen molar-refractivity contribution in [3.63, 3.8) is 0 Å². The summed E-state index contributed by atoms with van der Waals surface area (Å²) >= 11 is 9.73. The fraction of sp³-hybridized carbons (Fsp3) is 0.312. The Labute approximate surface area is 138 Å². The van der Waals surface area contributed by atoms with E-state index in [-0.39, 0.29) is 0 Å². The van der Waals surface area contributed by atoms with Gasteiger partial charge < -0.3 is 10.2 Å². The zero-order valence-electron chi connectivity index (χ0n) is 11.6. The topological polar surface area (TPSA) is 28.2 Å². The number of nitrogens with one attached hydrogen (secondary N) is 1. The molecule has 1 fully saturated rings. The molecule has 1 aromatic heterocycles. The van der Waals surface area contributed by atoms with E-state index in [9.17, 15) is 0 Å². The molecule has 0 amide bonds. The lowest BCUT2D eigenvalue weighted by Crippen LogP contribution is -2.39. The number of anilines is 2. The Balaban J connectivity index is 1.60. The molecule has 0 aliphatic carbocycles. The third kappa shape index (κ3) is 3.69. The van der Waals surface area contributed by atoms with E-state index in [1.54, 1.807) is 0 Å². The highest BCUT2D eigenvalue weighted by molar-refractivity contribution is 9.10. The average molecular weight is 367 g/mol. The monoisotopic (exact) mass is 365 g/mol. The van der Waals surface area contributed by atoms with Gasteiger partial charge in [0.15, 0.2) is 0 Å². The number of aromatic nitrogens is 1. The van der Waals surface area contributed by atoms with E-state index in [1.807, 2.05) is 30.6 Å². The van der Waals surface area contributed by atoms with Crippen LogP contribution in [-0.4, -0.2) is 24.1 Å². The second-order valence-electron chi connectivity index (χ2n) is 5.24. The molecule has 21 heavy (non-hydrogen) atoms. The molecule has 0 saturated carbocycles. The Hall–Kier alpha value is -1.26. The number of halogens is 2. The summed E-state index contributed by atoms with van der Waals surface area (Å²) in [4.78, 5) is 6.48. The van der Waals surface area contributed by atoms with Gasteiger partial charge in [0.1, 0.15) is 0 Å². The summed E-state index contributed by atoms with van der Waals surface area (Å²) < 4.78 is 1.05. The SMILES string of the molecule is Clc1ccc(Br)cc1NC1CCN(c2ccncc2)CC1. The largest absolute Gasteiger partial charge is 0.381 e. The first-order valence-electron chi connectivity index (χ1n) is 7.09. The van der Waals surface area contributed by atoms with E-state index < -0.39 is 0 Å². The summed E-state index contributed by atoms with van der Waals surface area (Å²) in [7, 11) is 0. The highest BCUT2D eigenvalue weighted by Crippen LogP contribution is 2.28. The van der Waals surface area contributed by atoms with Crippen molar-refractivity contribution < 1.29 is 0 Å². The first kappa shape index (κ1) is 14.7. The molecule has 0 spiro atoms.